The van der Waals surface area contributed by atoms with Crippen molar-refractivity contribution < 1.29 is 0 Å². The van der Waals surface area contributed by atoms with E-state index in [0.717, 1.165) is 44.1 Å². The Labute approximate surface area is 159 Å². The predicted octanol–water partition coefficient (Wildman–Crippen LogP) is 1.41. The van der Waals surface area contributed by atoms with E-state index in [1.54, 1.807) is 19.4 Å². The minimum Gasteiger partial charge on any atom is -0.356 e. The first-order valence-corrected chi connectivity index (χ1v) is 9.97. The van der Waals surface area contributed by atoms with Gasteiger partial charge in [0.2, 0.25) is 0 Å². The highest BCUT2D eigenvalue weighted by atomic mass is 16.1. The summed E-state index contributed by atoms with van der Waals surface area (Å²) in [7, 11) is 1.68. The van der Waals surface area contributed by atoms with Crippen molar-refractivity contribution in [3.63, 3.8) is 0 Å². The number of hydrogen-bond acceptors (Lipinski definition) is 6. The summed E-state index contributed by atoms with van der Waals surface area (Å²) in [4.78, 5) is 25.7. The van der Waals surface area contributed by atoms with Crippen molar-refractivity contribution in [3.05, 3.63) is 46.3 Å². The normalized spacial score (nSPS) is 25.6. The zero-order valence-electron chi connectivity index (χ0n) is 15.8. The molecule has 0 radical (unpaired) electrons. The lowest BCUT2D eigenvalue weighted by Crippen LogP contribution is -2.30. The molecule has 2 aromatic heterocycles. The van der Waals surface area contributed by atoms with Crippen LogP contribution in [0.1, 0.15) is 36.4 Å². The third kappa shape index (κ3) is 3.25. The summed E-state index contributed by atoms with van der Waals surface area (Å²) in [5, 5.41) is 4.13. The Hall–Kier alpha value is -2.28. The van der Waals surface area contributed by atoms with E-state index in [4.69, 9.17) is 0 Å². The fourth-order valence-corrected chi connectivity index (χ4v) is 4.72. The van der Waals surface area contributed by atoms with Gasteiger partial charge in [-0.05, 0) is 30.2 Å². The average Bonchev–Trinajstić information content (AvgIpc) is 3.15. The summed E-state index contributed by atoms with van der Waals surface area (Å²) in [5.74, 6) is 3.10. The standard InChI is InChI=1S/C20H26N6O/c1-24-20(27)5-14(7-23-24)8-25-9-16-11-26(12-17(16)10-25)19-6-18(21-13-22-19)15-3-2-4-15/h5-7,13,15-17H,2-4,8-12H2,1H3. The van der Waals surface area contributed by atoms with Crippen LogP contribution in [0.15, 0.2) is 29.5 Å². The first-order chi connectivity index (χ1) is 13.2. The van der Waals surface area contributed by atoms with Gasteiger partial charge >= 0.3 is 0 Å². The summed E-state index contributed by atoms with van der Waals surface area (Å²) in [6, 6.07) is 3.92. The number of nitrogens with zero attached hydrogens (tertiary/aromatic N) is 6. The molecule has 27 heavy (non-hydrogen) atoms. The molecule has 0 spiro atoms. The van der Waals surface area contributed by atoms with Crippen molar-refractivity contribution in [1.29, 1.82) is 0 Å². The molecule has 4 heterocycles. The van der Waals surface area contributed by atoms with Crippen LogP contribution >= 0.6 is 0 Å². The molecule has 0 bridgehead atoms. The van der Waals surface area contributed by atoms with Gasteiger partial charge in [-0.2, -0.15) is 5.10 Å². The van der Waals surface area contributed by atoms with Crippen LogP contribution in [0.25, 0.3) is 0 Å². The van der Waals surface area contributed by atoms with Gasteiger partial charge in [-0.3, -0.25) is 9.69 Å². The molecule has 2 atom stereocenters. The number of rotatable bonds is 4. The Balaban J connectivity index is 1.22. The van der Waals surface area contributed by atoms with Gasteiger partial charge < -0.3 is 4.90 Å². The van der Waals surface area contributed by atoms with E-state index < -0.39 is 0 Å². The van der Waals surface area contributed by atoms with Crippen LogP contribution in [-0.2, 0) is 13.6 Å². The lowest BCUT2D eigenvalue weighted by atomic mass is 9.83. The second-order valence-electron chi connectivity index (χ2n) is 8.37. The fourth-order valence-electron chi connectivity index (χ4n) is 4.72. The highest BCUT2D eigenvalue weighted by Gasteiger charge is 2.40. The highest BCUT2D eigenvalue weighted by Crippen LogP contribution is 2.38. The van der Waals surface area contributed by atoms with Crippen LogP contribution in [0.5, 0.6) is 0 Å². The van der Waals surface area contributed by atoms with E-state index in [1.165, 1.54) is 29.6 Å². The van der Waals surface area contributed by atoms with E-state index in [2.05, 4.69) is 30.9 Å². The molecule has 1 aliphatic carbocycles. The molecule has 0 N–H and O–H groups in total. The summed E-state index contributed by atoms with van der Waals surface area (Å²) < 4.78 is 1.37. The van der Waals surface area contributed by atoms with Crippen molar-refractivity contribution in [2.24, 2.45) is 18.9 Å². The van der Waals surface area contributed by atoms with Gasteiger partial charge in [-0.1, -0.05) is 6.42 Å². The van der Waals surface area contributed by atoms with E-state index >= 15 is 0 Å². The third-order valence-corrected chi connectivity index (χ3v) is 6.51. The molecule has 0 aromatic carbocycles. The van der Waals surface area contributed by atoms with Gasteiger partial charge in [0.1, 0.15) is 12.1 Å². The van der Waals surface area contributed by atoms with Crippen molar-refractivity contribution in [1.82, 2.24) is 24.6 Å². The van der Waals surface area contributed by atoms with E-state index in [9.17, 15) is 4.79 Å². The van der Waals surface area contributed by atoms with Gasteiger partial charge in [-0.15, -0.1) is 0 Å². The van der Waals surface area contributed by atoms with Crippen LogP contribution in [0, 0.1) is 11.8 Å². The lowest BCUT2D eigenvalue weighted by molar-refractivity contribution is 0.307. The van der Waals surface area contributed by atoms with E-state index in [-0.39, 0.29) is 5.56 Å². The molecule has 2 unspecified atom stereocenters. The van der Waals surface area contributed by atoms with Crippen LogP contribution in [0.4, 0.5) is 5.82 Å². The number of aromatic nitrogens is 4. The number of fused-ring (bicyclic) bond motifs is 1. The van der Waals surface area contributed by atoms with E-state index in [1.807, 2.05) is 6.20 Å². The molecule has 7 heteroatoms. The topological polar surface area (TPSA) is 67.2 Å². The second kappa shape index (κ2) is 6.71. The Morgan fingerprint density at radius 1 is 1.07 bits per heavy atom. The highest BCUT2D eigenvalue weighted by molar-refractivity contribution is 5.42. The largest absolute Gasteiger partial charge is 0.356 e. The lowest BCUT2D eigenvalue weighted by Gasteiger charge is -2.26. The molecule has 142 valence electrons. The first kappa shape index (κ1) is 16.9. The van der Waals surface area contributed by atoms with Gasteiger partial charge in [0.15, 0.2) is 0 Å². The molecule has 2 saturated heterocycles. The maximum absolute atomic E-state index is 11.8. The van der Waals surface area contributed by atoms with Crippen molar-refractivity contribution in [2.75, 3.05) is 31.1 Å². The average molecular weight is 366 g/mol. The van der Waals surface area contributed by atoms with Gasteiger partial charge in [-0.25, -0.2) is 14.6 Å². The summed E-state index contributed by atoms with van der Waals surface area (Å²) >= 11 is 0. The van der Waals surface area contributed by atoms with E-state index in [0.29, 0.717) is 17.8 Å². The molecular formula is C20H26N6O. The molecule has 0 amide bonds. The smallest absolute Gasteiger partial charge is 0.266 e. The zero-order chi connectivity index (χ0) is 18.4. The van der Waals surface area contributed by atoms with Crippen molar-refractivity contribution in [2.45, 2.75) is 31.7 Å². The summed E-state index contributed by atoms with van der Waals surface area (Å²) in [6.07, 6.45) is 7.43. The quantitative estimate of drug-likeness (QED) is 0.815. The molecule has 3 fully saturated rings. The summed E-state index contributed by atoms with van der Waals surface area (Å²) in [5.41, 5.74) is 2.20. The predicted molar refractivity (Wildman–Crippen MR) is 103 cm³/mol. The molecule has 5 rings (SSSR count). The fraction of sp³-hybridized carbons (Fsp3) is 0.600. The van der Waals surface area contributed by atoms with Gasteiger partial charge in [0.05, 0.1) is 6.20 Å². The Bertz CT molecular complexity index is 878. The van der Waals surface area contributed by atoms with Crippen LogP contribution in [-0.4, -0.2) is 50.8 Å². The molecule has 2 aromatic rings. The maximum atomic E-state index is 11.8. The second-order valence-corrected chi connectivity index (χ2v) is 8.37. The molecule has 7 nitrogen and oxygen atoms in total. The zero-order valence-corrected chi connectivity index (χ0v) is 15.8. The van der Waals surface area contributed by atoms with Crippen molar-refractivity contribution >= 4 is 5.82 Å². The Morgan fingerprint density at radius 2 is 1.85 bits per heavy atom. The Morgan fingerprint density at radius 3 is 2.52 bits per heavy atom. The Kier molecular flexibility index (Phi) is 4.19. The van der Waals surface area contributed by atoms with Gasteiger partial charge in [0.25, 0.3) is 5.56 Å². The van der Waals surface area contributed by atoms with Crippen LogP contribution < -0.4 is 10.5 Å². The van der Waals surface area contributed by atoms with Gasteiger partial charge in [0, 0.05) is 63.5 Å². The number of aryl methyl sites for hydroxylation is 1. The molecule has 1 saturated carbocycles. The first-order valence-electron chi connectivity index (χ1n) is 9.97. The summed E-state index contributed by atoms with van der Waals surface area (Å²) in [6.45, 7) is 5.11. The molecule has 2 aliphatic heterocycles. The van der Waals surface area contributed by atoms with Crippen LogP contribution in [0.2, 0.25) is 0 Å². The maximum Gasteiger partial charge on any atom is 0.266 e. The minimum absolute atomic E-state index is 0.0379. The minimum atomic E-state index is -0.0379. The SMILES string of the molecule is Cn1ncc(CN2CC3CN(c4cc(C5CCC5)ncn4)CC3C2)cc1=O. The molecule has 3 aliphatic rings. The van der Waals surface area contributed by atoms with Crippen molar-refractivity contribution in [3.8, 4) is 0 Å². The molecular weight excluding hydrogens is 340 g/mol. The number of anilines is 1. The van der Waals surface area contributed by atoms with Crippen LogP contribution in [0.3, 0.4) is 0 Å². The monoisotopic (exact) mass is 366 g/mol. The number of hydrogen-bond donors (Lipinski definition) is 0. The third-order valence-electron chi connectivity index (χ3n) is 6.51. The number of likely N-dealkylation sites (tertiary alicyclic amines) is 1.